The van der Waals surface area contributed by atoms with Crippen LogP contribution >= 0.6 is 0 Å². The van der Waals surface area contributed by atoms with E-state index < -0.39 is 0 Å². The summed E-state index contributed by atoms with van der Waals surface area (Å²) in [5.74, 6) is -1.28. The van der Waals surface area contributed by atoms with Gasteiger partial charge in [0.15, 0.2) is 0 Å². The third kappa shape index (κ3) is 5.72. The zero-order valence-electron chi connectivity index (χ0n) is 15.6. The third-order valence-corrected chi connectivity index (χ3v) is 4.42. The highest BCUT2D eigenvalue weighted by atomic mass is 19.1. The van der Waals surface area contributed by atoms with Crippen LogP contribution in [0.5, 0.6) is 0 Å². The minimum absolute atomic E-state index is 0.0805. The highest BCUT2D eigenvalue weighted by Gasteiger charge is 2.10. The van der Waals surface area contributed by atoms with E-state index in [-0.39, 0.29) is 30.0 Å². The number of hydrogen-bond acceptors (Lipinski definition) is 2. The molecular formula is C23H20F2N2O2. The molecule has 29 heavy (non-hydrogen) atoms. The van der Waals surface area contributed by atoms with Crippen LogP contribution in [0.3, 0.4) is 0 Å². The molecule has 0 spiro atoms. The Bertz CT molecular complexity index is 987. The van der Waals surface area contributed by atoms with Crippen molar-refractivity contribution < 1.29 is 18.4 Å². The Balaban J connectivity index is 1.49. The Kier molecular flexibility index (Phi) is 6.68. The van der Waals surface area contributed by atoms with Gasteiger partial charge < -0.3 is 10.6 Å². The summed E-state index contributed by atoms with van der Waals surface area (Å²) < 4.78 is 26.5. The smallest absolute Gasteiger partial charge is 0.251 e. The van der Waals surface area contributed by atoms with E-state index in [1.54, 1.807) is 54.6 Å². The van der Waals surface area contributed by atoms with Crippen LogP contribution in [-0.4, -0.2) is 18.4 Å². The normalized spacial score (nSPS) is 10.4. The molecule has 0 saturated heterocycles. The molecule has 0 aliphatic carbocycles. The van der Waals surface area contributed by atoms with Crippen LogP contribution in [-0.2, 0) is 13.0 Å². The molecule has 4 nitrogen and oxygen atoms in total. The van der Waals surface area contributed by atoms with Gasteiger partial charge in [-0.3, -0.25) is 9.59 Å². The van der Waals surface area contributed by atoms with Gasteiger partial charge in [-0.25, -0.2) is 8.78 Å². The standard InChI is InChI=1S/C23H20F2N2O2/c24-20-11-5-16(6-12-20)13-14-26-22(28)17-7-9-18(10-8-17)23(29)27-15-19-3-1-2-4-21(19)25/h1-12H,13-15H2,(H,26,28)(H,27,29). The van der Waals surface area contributed by atoms with E-state index in [4.69, 9.17) is 0 Å². The van der Waals surface area contributed by atoms with E-state index in [2.05, 4.69) is 10.6 Å². The quantitative estimate of drug-likeness (QED) is 0.639. The number of benzene rings is 3. The number of halogens is 2. The van der Waals surface area contributed by atoms with Gasteiger partial charge in [0.05, 0.1) is 0 Å². The monoisotopic (exact) mass is 394 g/mol. The molecule has 0 bridgehead atoms. The van der Waals surface area contributed by atoms with Gasteiger partial charge in [0.25, 0.3) is 11.8 Å². The average Bonchev–Trinajstić information content (AvgIpc) is 2.74. The van der Waals surface area contributed by atoms with E-state index in [9.17, 15) is 18.4 Å². The average molecular weight is 394 g/mol. The summed E-state index contributed by atoms with van der Waals surface area (Å²) in [4.78, 5) is 24.4. The van der Waals surface area contributed by atoms with Crippen molar-refractivity contribution in [1.82, 2.24) is 10.6 Å². The van der Waals surface area contributed by atoms with Gasteiger partial charge >= 0.3 is 0 Å². The first-order valence-electron chi connectivity index (χ1n) is 9.17. The lowest BCUT2D eigenvalue weighted by Crippen LogP contribution is -2.26. The SMILES string of the molecule is O=C(NCCc1ccc(F)cc1)c1ccc(C(=O)NCc2ccccc2F)cc1. The summed E-state index contributed by atoms with van der Waals surface area (Å²) in [6, 6.07) is 18.6. The summed E-state index contributed by atoms with van der Waals surface area (Å²) in [6.45, 7) is 0.493. The van der Waals surface area contributed by atoms with Crippen LogP contribution in [0.2, 0.25) is 0 Å². The van der Waals surface area contributed by atoms with Gasteiger partial charge in [-0.2, -0.15) is 0 Å². The molecule has 2 amide bonds. The number of carbonyl (C=O) groups is 2. The van der Waals surface area contributed by atoms with Crippen molar-refractivity contribution in [3.8, 4) is 0 Å². The van der Waals surface area contributed by atoms with Gasteiger partial charge in [0.1, 0.15) is 11.6 Å². The van der Waals surface area contributed by atoms with Gasteiger partial charge in [-0.15, -0.1) is 0 Å². The minimum atomic E-state index is -0.375. The number of carbonyl (C=O) groups excluding carboxylic acids is 2. The van der Waals surface area contributed by atoms with Crippen molar-refractivity contribution >= 4 is 11.8 Å². The molecule has 0 aliphatic heterocycles. The maximum Gasteiger partial charge on any atom is 0.251 e. The zero-order valence-corrected chi connectivity index (χ0v) is 15.6. The fraction of sp³-hybridized carbons (Fsp3) is 0.130. The first-order chi connectivity index (χ1) is 14.0. The molecule has 0 radical (unpaired) electrons. The summed E-state index contributed by atoms with van der Waals surface area (Å²) in [5, 5.41) is 5.44. The summed E-state index contributed by atoms with van der Waals surface area (Å²) in [7, 11) is 0. The molecule has 0 atom stereocenters. The third-order valence-electron chi connectivity index (χ3n) is 4.42. The first-order valence-corrected chi connectivity index (χ1v) is 9.17. The fourth-order valence-corrected chi connectivity index (χ4v) is 2.77. The van der Waals surface area contributed by atoms with E-state index in [1.165, 1.54) is 18.2 Å². The summed E-state index contributed by atoms with van der Waals surface area (Å²) in [6.07, 6.45) is 0.586. The van der Waals surface area contributed by atoms with Crippen LogP contribution in [0, 0.1) is 11.6 Å². The van der Waals surface area contributed by atoms with Crippen molar-refractivity contribution in [2.75, 3.05) is 6.54 Å². The highest BCUT2D eigenvalue weighted by molar-refractivity contribution is 5.97. The number of nitrogens with one attached hydrogen (secondary N) is 2. The number of hydrogen-bond donors (Lipinski definition) is 2. The second-order valence-electron chi connectivity index (χ2n) is 6.48. The summed E-state index contributed by atoms with van der Waals surface area (Å²) >= 11 is 0. The topological polar surface area (TPSA) is 58.2 Å². The van der Waals surface area contributed by atoms with Crippen LogP contribution in [0.25, 0.3) is 0 Å². The van der Waals surface area contributed by atoms with Gasteiger partial charge in [-0.1, -0.05) is 30.3 Å². The van der Waals surface area contributed by atoms with Crippen molar-refractivity contribution in [2.45, 2.75) is 13.0 Å². The fourth-order valence-electron chi connectivity index (χ4n) is 2.77. The molecule has 3 aromatic carbocycles. The predicted molar refractivity (Wildman–Crippen MR) is 106 cm³/mol. The molecule has 0 aliphatic rings. The molecule has 3 aromatic rings. The lowest BCUT2D eigenvalue weighted by atomic mass is 10.1. The minimum Gasteiger partial charge on any atom is -0.352 e. The van der Waals surface area contributed by atoms with Crippen molar-refractivity contribution in [3.05, 3.63) is 107 Å². The lowest BCUT2D eigenvalue weighted by molar-refractivity contribution is 0.0940. The van der Waals surface area contributed by atoms with E-state index in [0.717, 1.165) is 5.56 Å². The number of amides is 2. The molecule has 6 heteroatoms. The molecule has 0 saturated carbocycles. The maximum absolute atomic E-state index is 13.6. The number of rotatable bonds is 7. The maximum atomic E-state index is 13.6. The Morgan fingerprint density at radius 2 is 1.31 bits per heavy atom. The van der Waals surface area contributed by atoms with E-state index in [0.29, 0.717) is 29.7 Å². The largest absolute Gasteiger partial charge is 0.352 e. The van der Waals surface area contributed by atoms with Gasteiger partial charge in [-0.05, 0) is 54.4 Å². The molecule has 3 rings (SSSR count). The van der Waals surface area contributed by atoms with E-state index >= 15 is 0 Å². The Morgan fingerprint density at radius 1 is 0.724 bits per heavy atom. The van der Waals surface area contributed by atoms with Gasteiger partial charge in [0.2, 0.25) is 0 Å². The van der Waals surface area contributed by atoms with Crippen molar-refractivity contribution in [3.63, 3.8) is 0 Å². The Hall–Kier alpha value is -3.54. The molecule has 2 N–H and O–H groups in total. The Labute approximate surface area is 167 Å². The van der Waals surface area contributed by atoms with Crippen LogP contribution in [0.15, 0.2) is 72.8 Å². The molecular weight excluding hydrogens is 374 g/mol. The second kappa shape index (κ2) is 9.59. The highest BCUT2D eigenvalue weighted by Crippen LogP contribution is 2.08. The zero-order chi connectivity index (χ0) is 20.6. The Morgan fingerprint density at radius 3 is 1.93 bits per heavy atom. The first kappa shape index (κ1) is 20.2. The van der Waals surface area contributed by atoms with Crippen molar-refractivity contribution in [1.29, 1.82) is 0 Å². The van der Waals surface area contributed by atoms with Gasteiger partial charge in [0, 0.05) is 29.8 Å². The molecule has 0 aromatic heterocycles. The van der Waals surface area contributed by atoms with Crippen LogP contribution in [0.1, 0.15) is 31.8 Å². The predicted octanol–water partition coefficient (Wildman–Crippen LogP) is 3.87. The summed E-state index contributed by atoms with van der Waals surface area (Å²) in [5.41, 5.74) is 2.13. The molecule has 0 unspecified atom stereocenters. The van der Waals surface area contributed by atoms with Crippen LogP contribution < -0.4 is 10.6 Å². The van der Waals surface area contributed by atoms with E-state index in [1.807, 2.05) is 0 Å². The van der Waals surface area contributed by atoms with Crippen molar-refractivity contribution in [2.24, 2.45) is 0 Å². The van der Waals surface area contributed by atoms with Crippen LogP contribution in [0.4, 0.5) is 8.78 Å². The molecule has 0 heterocycles. The second-order valence-corrected chi connectivity index (χ2v) is 6.48. The molecule has 148 valence electrons. The lowest BCUT2D eigenvalue weighted by Gasteiger charge is -2.08. The molecule has 0 fully saturated rings.